The van der Waals surface area contributed by atoms with E-state index in [4.69, 9.17) is 4.74 Å². The number of esters is 1. The minimum atomic E-state index is -0.629. The molecule has 4 nitrogen and oxygen atoms in total. The van der Waals surface area contributed by atoms with Gasteiger partial charge in [0.1, 0.15) is 5.92 Å². The Labute approximate surface area is 159 Å². The van der Waals surface area contributed by atoms with Crippen LogP contribution in [0.25, 0.3) is 5.70 Å². The van der Waals surface area contributed by atoms with Crippen LogP contribution in [0.2, 0.25) is 0 Å². The van der Waals surface area contributed by atoms with Gasteiger partial charge in [-0.2, -0.15) is 0 Å². The molecule has 1 aliphatic heterocycles. The average Bonchev–Trinajstić information content (AvgIpc) is 2.93. The number of halogens is 1. The van der Waals surface area contributed by atoms with Gasteiger partial charge in [-0.3, -0.25) is 14.6 Å². The molecule has 1 heterocycles. The molecule has 0 N–H and O–H groups in total. The molecule has 2 aromatic carbocycles. The standard InChI is InChI=1S/C21H16BrNO3/c1-11-16(21(25)26-2)17(14-9-5-6-10-15(14)22)18-19(23-11)12-7-3-4-8-13(12)20(18)24/h3-10,16-17H,1-2H3/t16?,17-/m1/s1. The van der Waals surface area contributed by atoms with E-state index >= 15 is 0 Å². The van der Waals surface area contributed by atoms with Gasteiger partial charge in [-0.25, -0.2) is 0 Å². The van der Waals surface area contributed by atoms with Gasteiger partial charge < -0.3 is 4.74 Å². The van der Waals surface area contributed by atoms with E-state index in [1.807, 2.05) is 55.5 Å². The first-order chi connectivity index (χ1) is 12.5. The Kier molecular flexibility index (Phi) is 4.11. The van der Waals surface area contributed by atoms with Gasteiger partial charge in [0.2, 0.25) is 0 Å². The Balaban J connectivity index is 1.99. The second kappa shape index (κ2) is 6.32. The summed E-state index contributed by atoms with van der Waals surface area (Å²) in [6.45, 7) is 1.82. The molecule has 5 heteroatoms. The van der Waals surface area contributed by atoms with E-state index in [0.717, 1.165) is 15.6 Å². The molecule has 0 saturated carbocycles. The van der Waals surface area contributed by atoms with Gasteiger partial charge in [-0.1, -0.05) is 58.4 Å². The van der Waals surface area contributed by atoms with Crippen LogP contribution in [0, 0.1) is 5.92 Å². The Morgan fingerprint density at radius 2 is 1.73 bits per heavy atom. The van der Waals surface area contributed by atoms with Gasteiger partial charge in [0.25, 0.3) is 0 Å². The zero-order valence-corrected chi connectivity index (χ0v) is 15.9. The lowest BCUT2D eigenvalue weighted by Gasteiger charge is -2.30. The molecule has 2 atom stereocenters. The molecular weight excluding hydrogens is 394 g/mol. The summed E-state index contributed by atoms with van der Waals surface area (Å²) in [6.07, 6.45) is 0. The minimum Gasteiger partial charge on any atom is -0.468 e. The number of hydrogen-bond acceptors (Lipinski definition) is 4. The van der Waals surface area contributed by atoms with E-state index < -0.39 is 11.8 Å². The van der Waals surface area contributed by atoms with Gasteiger partial charge in [-0.15, -0.1) is 0 Å². The van der Waals surface area contributed by atoms with Crippen molar-refractivity contribution in [1.82, 2.24) is 0 Å². The Bertz CT molecular complexity index is 1010. The number of methoxy groups -OCH3 is 1. The van der Waals surface area contributed by atoms with Crippen LogP contribution in [-0.4, -0.2) is 24.6 Å². The summed E-state index contributed by atoms with van der Waals surface area (Å²) < 4.78 is 5.89. The molecule has 26 heavy (non-hydrogen) atoms. The number of ketones is 1. The Morgan fingerprint density at radius 3 is 2.42 bits per heavy atom. The zero-order valence-electron chi connectivity index (χ0n) is 14.3. The molecule has 0 fully saturated rings. The fourth-order valence-electron chi connectivity index (χ4n) is 3.84. The maximum atomic E-state index is 13.2. The van der Waals surface area contributed by atoms with Crippen molar-refractivity contribution in [3.05, 3.63) is 75.3 Å². The molecule has 0 aromatic heterocycles. The molecule has 2 aromatic rings. The largest absolute Gasteiger partial charge is 0.468 e. The average molecular weight is 410 g/mol. The lowest BCUT2D eigenvalue weighted by Crippen LogP contribution is -2.34. The lowest BCUT2D eigenvalue weighted by atomic mass is 9.75. The highest BCUT2D eigenvalue weighted by molar-refractivity contribution is 9.10. The number of Topliss-reactive ketones (excluding diaryl/α,β-unsaturated/α-hetero) is 1. The highest BCUT2D eigenvalue weighted by Gasteiger charge is 2.46. The van der Waals surface area contributed by atoms with Crippen molar-refractivity contribution in [2.45, 2.75) is 12.8 Å². The monoisotopic (exact) mass is 409 g/mol. The number of aliphatic imine (C=N–C) groups is 1. The highest BCUT2D eigenvalue weighted by atomic mass is 79.9. The predicted molar refractivity (Wildman–Crippen MR) is 103 cm³/mol. The number of nitrogens with zero attached hydrogens (tertiary/aromatic N) is 1. The van der Waals surface area contributed by atoms with Gasteiger partial charge >= 0.3 is 5.97 Å². The van der Waals surface area contributed by atoms with Gasteiger partial charge in [0.05, 0.1) is 12.8 Å². The number of hydrogen-bond donors (Lipinski definition) is 0. The van der Waals surface area contributed by atoms with E-state index in [0.29, 0.717) is 22.5 Å². The zero-order chi connectivity index (χ0) is 18.4. The molecule has 2 aliphatic rings. The summed E-state index contributed by atoms with van der Waals surface area (Å²) in [4.78, 5) is 30.4. The molecular formula is C21H16BrNO3. The van der Waals surface area contributed by atoms with Crippen molar-refractivity contribution in [2.75, 3.05) is 7.11 Å². The molecule has 1 aliphatic carbocycles. The number of ether oxygens (including phenoxy) is 1. The maximum Gasteiger partial charge on any atom is 0.315 e. The van der Waals surface area contributed by atoms with Crippen LogP contribution in [0.4, 0.5) is 0 Å². The Morgan fingerprint density at radius 1 is 1.08 bits per heavy atom. The van der Waals surface area contributed by atoms with Crippen LogP contribution in [0.1, 0.15) is 34.3 Å². The third-order valence-electron chi connectivity index (χ3n) is 5.00. The number of allylic oxidation sites excluding steroid dienone is 1. The summed E-state index contributed by atoms with van der Waals surface area (Å²) in [5, 5.41) is 0. The van der Waals surface area contributed by atoms with Gasteiger partial charge in [0.15, 0.2) is 5.78 Å². The van der Waals surface area contributed by atoms with Crippen LogP contribution in [0.15, 0.2) is 63.6 Å². The summed E-state index contributed by atoms with van der Waals surface area (Å²) in [7, 11) is 1.36. The number of fused-ring (bicyclic) bond motifs is 2. The third kappa shape index (κ3) is 2.38. The van der Waals surface area contributed by atoms with E-state index in [1.54, 1.807) is 0 Å². The Hall–Kier alpha value is -2.53. The minimum absolute atomic E-state index is 0.0680. The van der Waals surface area contributed by atoms with Crippen molar-refractivity contribution in [3.63, 3.8) is 0 Å². The van der Waals surface area contributed by atoms with Crippen molar-refractivity contribution < 1.29 is 14.3 Å². The summed E-state index contributed by atoms with van der Waals surface area (Å²) >= 11 is 3.58. The van der Waals surface area contributed by atoms with Crippen LogP contribution in [0.3, 0.4) is 0 Å². The molecule has 0 spiro atoms. The molecule has 130 valence electrons. The topological polar surface area (TPSA) is 55.7 Å². The van der Waals surface area contributed by atoms with Crippen LogP contribution >= 0.6 is 15.9 Å². The highest BCUT2D eigenvalue weighted by Crippen LogP contribution is 2.49. The van der Waals surface area contributed by atoms with Gasteiger partial charge in [-0.05, 0) is 18.6 Å². The molecule has 1 unspecified atom stereocenters. The predicted octanol–water partition coefficient (Wildman–Crippen LogP) is 4.40. The fourth-order valence-corrected chi connectivity index (χ4v) is 4.38. The quantitative estimate of drug-likeness (QED) is 0.690. The SMILES string of the molecule is COC(=O)C1C(C)=NC2=C(C(=O)c3ccccc32)[C@@H]1c1ccccc1Br. The van der Waals surface area contributed by atoms with Crippen molar-refractivity contribution >= 4 is 39.1 Å². The number of carbonyl (C=O) groups excluding carboxylic acids is 2. The third-order valence-corrected chi connectivity index (χ3v) is 5.73. The van der Waals surface area contributed by atoms with Gasteiger partial charge in [0, 0.05) is 32.8 Å². The number of rotatable bonds is 2. The molecule has 0 saturated heterocycles. The number of benzene rings is 2. The second-order valence-corrected chi connectivity index (χ2v) is 7.24. The molecule has 0 amide bonds. The van der Waals surface area contributed by atoms with E-state index in [9.17, 15) is 9.59 Å². The second-order valence-electron chi connectivity index (χ2n) is 6.39. The lowest BCUT2D eigenvalue weighted by molar-refractivity contribution is -0.143. The maximum absolute atomic E-state index is 13.2. The first-order valence-corrected chi connectivity index (χ1v) is 9.09. The summed E-state index contributed by atoms with van der Waals surface area (Å²) in [5.74, 6) is -1.52. The van der Waals surface area contributed by atoms with E-state index in [1.165, 1.54) is 7.11 Å². The first-order valence-electron chi connectivity index (χ1n) is 8.30. The van der Waals surface area contributed by atoms with E-state index in [2.05, 4.69) is 20.9 Å². The first kappa shape index (κ1) is 16.9. The molecule has 4 rings (SSSR count). The number of carbonyl (C=O) groups is 2. The normalized spacial score (nSPS) is 21.2. The summed E-state index contributed by atoms with van der Waals surface area (Å²) in [6, 6.07) is 15.1. The molecule has 0 bridgehead atoms. The smallest absolute Gasteiger partial charge is 0.315 e. The van der Waals surface area contributed by atoms with Crippen molar-refractivity contribution in [1.29, 1.82) is 0 Å². The van der Waals surface area contributed by atoms with Crippen LogP contribution in [0.5, 0.6) is 0 Å². The van der Waals surface area contributed by atoms with Crippen molar-refractivity contribution in [3.8, 4) is 0 Å². The van der Waals surface area contributed by atoms with Crippen molar-refractivity contribution in [2.24, 2.45) is 10.9 Å². The fraction of sp³-hybridized carbons (Fsp3) is 0.190. The van der Waals surface area contributed by atoms with E-state index in [-0.39, 0.29) is 11.8 Å². The van der Waals surface area contributed by atoms with Crippen LogP contribution < -0.4 is 0 Å². The molecule has 0 radical (unpaired) electrons. The summed E-state index contributed by atoms with van der Waals surface area (Å²) in [5.41, 5.74) is 4.23. The van der Waals surface area contributed by atoms with Crippen LogP contribution in [-0.2, 0) is 9.53 Å².